The van der Waals surface area contributed by atoms with E-state index in [4.69, 9.17) is 0 Å². The molecule has 0 aliphatic rings. The topological polar surface area (TPSA) is 57.3 Å². The molecule has 5 nitrogen and oxygen atoms in total. The molecule has 1 amide bonds. The third-order valence-corrected chi connectivity index (χ3v) is 5.20. The van der Waals surface area contributed by atoms with Crippen LogP contribution in [0.15, 0.2) is 12.1 Å². The molecule has 0 saturated heterocycles. The van der Waals surface area contributed by atoms with Gasteiger partial charge in [0, 0.05) is 31.0 Å². The fourth-order valence-corrected chi connectivity index (χ4v) is 3.23. The van der Waals surface area contributed by atoms with Crippen LogP contribution in [0, 0.1) is 0 Å². The van der Waals surface area contributed by atoms with Crippen molar-refractivity contribution in [1.82, 2.24) is 10.3 Å². The Labute approximate surface area is 136 Å². The van der Waals surface area contributed by atoms with Gasteiger partial charge in [-0.15, -0.1) is 0 Å². The number of anilines is 2. The summed E-state index contributed by atoms with van der Waals surface area (Å²) in [6.45, 7) is 9.85. The molecular weight excluding hydrogens is 296 g/mol. The van der Waals surface area contributed by atoms with E-state index in [1.54, 1.807) is 6.07 Å². The Morgan fingerprint density at radius 2 is 2.09 bits per heavy atom. The van der Waals surface area contributed by atoms with Crippen molar-refractivity contribution >= 4 is 34.1 Å². The van der Waals surface area contributed by atoms with E-state index in [1.807, 2.05) is 20.0 Å². The summed E-state index contributed by atoms with van der Waals surface area (Å²) in [6.07, 6.45) is 1.01. The molecule has 6 heteroatoms. The van der Waals surface area contributed by atoms with Gasteiger partial charge in [-0.25, -0.2) is 4.98 Å². The summed E-state index contributed by atoms with van der Waals surface area (Å²) in [5, 5.41) is 6.30. The normalized spacial score (nSPS) is 12.1. The van der Waals surface area contributed by atoms with Gasteiger partial charge in [0.25, 0.3) is 5.91 Å². The van der Waals surface area contributed by atoms with Crippen LogP contribution in [0.3, 0.4) is 0 Å². The SMILES string of the molecule is C=S(C(C)C)N(CCC)c1cc(C(=O)NCC)cc(NC)n1. The second kappa shape index (κ2) is 8.78. The summed E-state index contributed by atoms with van der Waals surface area (Å²) in [5.74, 6) is 5.72. The second-order valence-electron chi connectivity index (χ2n) is 5.26. The Balaban J connectivity index is 3.27. The Bertz CT molecular complexity index is 531. The van der Waals surface area contributed by atoms with Gasteiger partial charge in [0.05, 0.1) is 0 Å². The third-order valence-electron chi connectivity index (χ3n) is 3.18. The molecule has 0 saturated carbocycles. The highest BCUT2D eigenvalue weighted by atomic mass is 32.2. The standard InChI is InChI=1S/C16H28N4OS/c1-7-9-20(22(6)12(3)4)15-11-13(16(21)18-8-2)10-14(17-5)19-15/h10-12H,6-9H2,1-5H3,(H,17,19)(H,18,21). The molecule has 1 heterocycles. The molecule has 0 aliphatic carbocycles. The highest BCUT2D eigenvalue weighted by Gasteiger charge is 2.16. The van der Waals surface area contributed by atoms with Crippen molar-refractivity contribution in [1.29, 1.82) is 0 Å². The van der Waals surface area contributed by atoms with E-state index in [0.717, 1.165) is 18.8 Å². The molecule has 1 aromatic rings. The van der Waals surface area contributed by atoms with Crippen molar-refractivity contribution < 1.29 is 4.79 Å². The molecule has 0 fully saturated rings. The van der Waals surface area contributed by atoms with Gasteiger partial charge >= 0.3 is 0 Å². The van der Waals surface area contributed by atoms with Gasteiger partial charge in [-0.3, -0.25) is 4.79 Å². The summed E-state index contributed by atoms with van der Waals surface area (Å²) in [5.41, 5.74) is 0.623. The van der Waals surface area contributed by atoms with Crippen LogP contribution in [0.5, 0.6) is 0 Å². The Kier molecular flexibility index (Phi) is 7.38. The van der Waals surface area contributed by atoms with Gasteiger partial charge in [0.2, 0.25) is 0 Å². The molecule has 1 aromatic heterocycles. The van der Waals surface area contributed by atoms with E-state index in [9.17, 15) is 4.79 Å². The minimum absolute atomic E-state index is 0.0763. The summed E-state index contributed by atoms with van der Waals surface area (Å²) in [6, 6.07) is 3.63. The van der Waals surface area contributed by atoms with Crippen molar-refractivity contribution in [3.8, 4) is 0 Å². The summed E-state index contributed by atoms with van der Waals surface area (Å²) in [4.78, 5) is 16.8. The highest BCUT2D eigenvalue weighted by molar-refractivity contribution is 8.15. The van der Waals surface area contributed by atoms with Gasteiger partial charge < -0.3 is 14.9 Å². The number of carbonyl (C=O) groups is 1. The first-order valence-corrected chi connectivity index (χ1v) is 9.14. The lowest BCUT2D eigenvalue weighted by Gasteiger charge is -2.29. The van der Waals surface area contributed by atoms with E-state index in [-0.39, 0.29) is 16.6 Å². The van der Waals surface area contributed by atoms with Crippen molar-refractivity contribution in [2.45, 2.75) is 39.4 Å². The molecule has 124 valence electrons. The lowest BCUT2D eigenvalue weighted by atomic mass is 10.2. The number of nitrogens with one attached hydrogen (secondary N) is 2. The first-order valence-electron chi connectivity index (χ1n) is 7.73. The van der Waals surface area contributed by atoms with Crippen molar-refractivity contribution in [3.05, 3.63) is 17.7 Å². The molecule has 0 aliphatic heterocycles. The molecule has 1 unspecified atom stereocenters. The summed E-state index contributed by atoms with van der Waals surface area (Å²) >= 11 is 0. The van der Waals surface area contributed by atoms with E-state index in [2.05, 4.69) is 46.6 Å². The maximum atomic E-state index is 12.2. The third kappa shape index (κ3) is 4.73. The number of carbonyl (C=O) groups excluding carboxylic acids is 1. The minimum Gasteiger partial charge on any atom is -0.373 e. The fraction of sp³-hybridized carbons (Fsp3) is 0.562. The summed E-state index contributed by atoms with van der Waals surface area (Å²) in [7, 11) is 1.63. The Hall–Kier alpha value is -1.56. The van der Waals surface area contributed by atoms with Crippen LogP contribution < -0.4 is 14.9 Å². The smallest absolute Gasteiger partial charge is 0.251 e. The van der Waals surface area contributed by atoms with Gasteiger partial charge in [-0.1, -0.05) is 37.3 Å². The highest BCUT2D eigenvalue weighted by Crippen LogP contribution is 2.31. The average Bonchev–Trinajstić information content (AvgIpc) is 2.51. The molecule has 0 bridgehead atoms. The maximum Gasteiger partial charge on any atom is 0.251 e. The molecule has 22 heavy (non-hydrogen) atoms. The zero-order valence-electron chi connectivity index (χ0n) is 14.3. The van der Waals surface area contributed by atoms with E-state index in [1.165, 1.54) is 0 Å². The van der Waals surface area contributed by atoms with E-state index in [0.29, 0.717) is 23.2 Å². The number of aromatic nitrogens is 1. The molecule has 1 atom stereocenters. The number of nitrogens with zero attached hydrogens (tertiary/aromatic N) is 2. The molecule has 0 spiro atoms. The van der Waals surface area contributed by atoms with Crippen LogP contribution in [0.25, 0.3) is 0 Å². The minimum atomic E-state index is -0.185. The number of pyridine rings is 1. The molecule has 0 aromatic carbocycles. The van der Waals surface area contributed by atoms with Crippen molar-refractivity contribution in [2.75, 3.05) is 29.8 Å². The lowest BCUT2D eigenvalue weighted by molar-refractivity contribution is 0.0956. The molecular formula is C16H28N4OS. The van der Waals surface area contributed by atoms with Crippen LogP contribution in [-0.2, 0) is 0 Å². The van der Waals surface area contributed by atoms with Crippen LogP contribution in [0.2, 0.25) is 0 Å². The maximum absolute atomic E-state index is 12.2. The fourth-order valence-electron chi connectivity index (χ4n) is 1.98. The van der Waals surface area contributed by atoms with Gasteiger partial charge in [-0.2, -0.15) is 0 Å². The summed E-state index contributed by atoms with van der Waals surface area (Å²) < 4.78 is 2.20. The number of rotatable bonds is 8. The number of amides is 1. The van der Waals surface area contributed by atoms with Gasteiger partial charge in [0.1, 0.15) is 11.6 Å². The largest absolute Gasteiger partial charge is 0.373 e. The number of hydrogen-bond acceptors (Lipinski definition) is 4. The zero-order chi connectivity index (χ0) is 16.7. The van der Waals surface area contributed by atoms with Crippen molar-refractivity contribution in [3.63, 3.8) is 0 Å². The van der Waals surface area contributed by atoms with Gasteiger partial charge in [0.15, 0.2) is 0 Å². The molecule has 0 radical (unpaired) electrons. The van der Waals surface area contributed by atoms with Crippen LogP contribution in [0.4, 0.5) is 11.6 Å². The van der Waals surface area contributed by atoms with Crippen LogP contribution in [0.1, 0.15) is 44.5 Å². The van der Waals surface area contributed by atoms with E-state index >= 15 is 0 Å². The number of hydrogen-bond donors (Lipinski definition) is 2. The quantitative estimate of drug-likeness (QED) is 0.721. The van der Waals surface area contributed by atoms with Gasteiger partial charge in [-0.05, 0) is 25.5 Å². The predicted molar refractivity (Wildman–Crippen MR) is 99.3 cm³/mol. The lowest BCUT2D eigenvalue weighted by Crippen LogP contribution is -2.25. The molecule has 1 rings (SSSR count). The predicted octanol–water partition coefficient (Wildman–Crippen LogP) is 3.11. The van der Waals surface area contributed by atoms with Crippen LogP contribution in [-0.4, -0.2) is 42.1 Å². The first kappa shape index (κ1) is 18.5. The monoisotopic (exact) mass is 324 g/mol. The first-order chi connectivity index (χ1) is 10.4. The average molecular weight is 324 g/mol. The zero-order valence-corrected chi connectivity index (χ0v) is 15.1. The van der Waals surface area contributed by atoms with E-state index < -0.39 is 0 Å². The second-order valence-corrected chi connectivity index (χ2v) is 7.45. The molecule has 2 N–H and O–H groups in total. The Morgan fingerprint density at radius 1 is 1.41 bits per heavy atom. The van der Waals surface area contributed by atoms with Crippen LogP contribution >= 0.6 is 10.7 Å². The van der Waals surface area contributed by atoms with Crippen molar-refractivity contribution in [2.24, 2.45) is 0 Å². The Morgan fingerprint density at radius 3 is 2.59 bits per heavy atom.